The van der Waals surface area contributed by atoms with Gasteiger partial charge in [0.05, 0.1) is 0 Å². The largest absolute Gasteiger partial charge is 0.462 e. The Morgan fingerprint density at radius 3 is 1.61 bits per heavy atom. The van der Waals surface area contributed by atoms with Crippen LogP contribution in [0.25, 0.3) is 0 Å². The molecule has 0 spiro atoms. The first-order valence-corrected chi connectivity index (χ1v) is 7.20. The summed E-state index contributed by atoms with van der Waals surface area (Å²) in [6, 6.07) is 0. The van der Waals surface area contributed by atoms with Crippen molar-refractivity contribution in [2.45, 2.75) is 73.8 Å². The molecule has 18 heavy (non-hydrogen) atoms. The van der Waals surface area contributed by atoms with Crippen molar-refractivity contribution in [1.82, 2.24) is 0 Å². The van der Waals surface area contributed by atoms with Crippen molar-refractivity contribution in [3.05, 3.63) is 0 Å². The van der Waals surface area contributed by atoms with E-state index in [1.807, 2.05) is 0 Å². The van der Waals surface area contributed by atoms with Gasteiger partial charge in [0.25, 0.3) is 0 Å². The molecule has 2 nitrogen and oxygen atoms in total. The molecule has 0 heterocycles. The van der Waals surface area contributed by atoms with Crippen LogP contribution in [0.15, 0.2) is 0 Å². The van der Waals surface area contributed by atoms with E-state index in [-0.39, 0.29) is 22.9 Å². The van der Waals surface area contributed by atoms with E-state index in [1.54, 1.807) is 0 Å². The van der Waals surface area contributed by atoms with Gasteiger partial charge in [-0.25, -0.2) is 0 Å². The smallest absolute Gasteiger partial charge is 0.302 e. The molecule has 2 atom stereocenters. The Bertz CT molecular complexity index is 271. The lowest BCUT2D eigenvalue weighted by molar-refractivity contribution is -0.164. The second-order valence-electron chi connectivity index (χ2n) is 7.95. The number of rotatable bonds is 1. The highest BCUT2D eigenvalue weighted by Crippen LogP contribution is 2.47. The lowest BCUT2D eigenvalue weighted by Gasteiger charge is -2.48. The van der Waals surface area contributed by atoms with E-state index in [4.69, 9.17) is 4.74 Å². The molecule has 1 fully saturated rings. The van der Waals surface area contributed by atoms with Gasteiger partial charge in [-0.2, -0.15) is 0 Å². The maximum atomic E-state index is 11.4. The van der Waals surface area contributed by atoms with E-state index in [1.165, 1.54) is 26.2 Å². The highest BCUT2D eigenvalue weighted by atomic mass is 16.5. The van der Waals surface area contributed by atoms with Crippen molar-refractivity contribution in [2.24, 2.45) is 22.7 Å². The Kier molecular flexibility index (Phi) is 4.51. The maximum absolute atomic E-state index is 11.4. The van der Waals surface area contributed by atoms with Gasteiger partial charge in [-0.05, 0) is 23.7 Å². The fraction of sp³-hybridized carbons (Fsp3) is 0.938. The third-order valence-corrected chi connectivity index (χ3v) is 4.35. The van der Waals surface area contributed by atoms with E-state index in [9.17, 15) is 4.79 Å². The summed E-state index contributed by atoms with van der Waals surface area (Å²) in [7, 11) is 0. The molecule has 0 aliphatic heterocycles. The van der Waals surface area contributed by atoms with E-state index in [2.05, 4.69) is 41.5 Å². The van der Waals surface area contributed by atoms with Crippen molar-refractivity contribution in [1.29, 1.82) is 0 Å². The Morgan fingerprint density at radius 2 is 1.33 bits per heavy atom. The van der Waals surface area contributed by atoms with Crippen LogP contribution in [0.4, 0.5) is 0 Å². The molecule has 0 bridgehead atoms. The summed E-state index contributed by atoms with van der Waals surface area (Å²) in [6.07, 6.45) is 3.68. The SMILES string of the molecule is CC(=O)OC1C(C(C)(C)C)CCCC1C(C)(C)C. The maximum Gasteiger partial charge on any atom is 0.302 e. The standard InChI is InChI=1S/C16H30O2/c1-11(17)18-14-12(15(2,3)4)9-8-10-13(14)16(5,6)7/h12-14H,8-10H2,1-7H3. The summed E-state index contributed by atoms with van der Waals surface area (Å²) >= 11 is 0. The van der Waals surface area contributed by atoms with Crippen molar-refractivity contribution >= 4 is 5.97 Å². The van der Waals surface area contributed by atoms with Gasteiger partial charge in [0.1, 0.15) is 6.10 Å². The number of esters is 1. The third-order valence-electron chi connectivity index (χ3n) is 4.35. The molecule has 0 amide bonds. The average molecular weight is 254 g/mol. The van der Waals surface area contributed by atoms with Gasteiger partial charge in [-0.3, -0.25) is 4.79 Å². The molecule has 2 heteroatoms. The molecule has 0 N–H and O–H groups in total. The highest BCUT2D eigenvalue weighted by molar-refractivity contribution is 5.66. The fourth-order valence-electron chi connectivity index (χ4n) is 3.37. The van der Waals surface area contributed by atoms with Crippen LogP contribution in [0, 0.1) is 22.7 Å². The van der Waals surface area contributed by atoms with E-state index in [0.29, 0.717) is 11.8 Å². The molecule has 0 aromatic heterocycles. The third kappa shape index (κ3) is 3.73. The van der Waals surface area contributed by atoms with Crippen LogP contribution in [-0.2, 0) is 9.53 Å². The zero-order valence-electron chi connectivity index (χ0n) is 13.2. The first-order valence-electron chi connectivity index (χ1n) is 7.20. The van der Waals surface area contributed by atoms with Crippen molar-refractivity contribution in [3.8, 4) is 0 Å². The normalized spacial score (nSPS) is 30.1. The Hall–Kier alpha value is -0.530. The average Bonchev–Trinajstić information content (AvgIpc) is 2.13. The van der Waals surface area contributed by atoms with Gasteiger partial charge in [-0.1, -0.05) is 48.0 Å². The minimum Gasteiger partial charge on any atom is -0.462 e. The van der Waals surface area contributed by atoms with Crippen LogP contribution in [0.3, 0.4) is 0 Å². The lowest BCUT2D eigenvalue weighted by Crippen LogP contribution is -2.47. The molecule has 1 aliphatic rings. The molecule has 0 aromatic carbocycles. The minimum atomic E-state index is -0.134. The van der Waals surface area contributed by atoms with Crippen LogP contribution >= 0.6 is 0 Å². The highest BCUT2D eigenvalue weighted by Gasteiger charge is 2.45. The zero-order valence-corrected chi connectivity index (χ0v) is 13.2. The minimum absolute atomic E-state index is 0.0799. The molecule has 2 unspecified atom stereocenters. The van der Waals surface area contributed by atoms with Crippen LogP contribution in [0.5, 0.6) is 0 Å². The Morgan fingerprint density at radius 1 is 0.944 bits per heavy atom. The first kappa shape index (κ1) is 15.5. The lowest BCUT2D eigenvalue weighted by atomic mass is 9.61. The van der Waals surface area contributed by atoms with E-state index in [0.717, 1.165) is 0 Å². The van der Waals surface area contributed by atoms with Gasteiger partial charge in [0, 0.05) is 18.8 Å². The molecule has 1 saturated carbocycles. The van der Waals surface area contributed by atoms with Gasteiger partial charge in [0.15, 0.2) is 0 Å². The predicted molar refractivity (Wildman–Crippen MR) is 75.3 cm³/mol. The topological polar surface area (TPSA) is 26.3 Å². The molecule has 0 radical (unpaired) electrons. The van der Waals surface area contributed by atoms with E-state index < -0.39 is 0 Å². The molecule has 0 saturated heterocycles. The van der Waals surface area contributed by atoms with Crippen molar-refractivity contribution in [2.75, 3.05) is 0 Å². The van der Waals surface area contributed by atoms with Crippen LogP contribution in [0.1, 0.15) is 67.7 Å². The van der Waals surface area contributed by atoms with Gasteiger partial charge >= 0.3 is 5.97 Å². The molecular weight excluding hydrogens is 224 g/mol. The summed E-state index contributed by atoms with van der Waals surface area (Å²) in [5.74, 6) is 0.809. The molecule has 1 rings (SSSR count). The summed E-state index contributed by atoms with van der Waals surface area (Å²) < 4.78 is 5.73. The van der Waals surface area contributed by atoms with Gasteiger partial charge in [-0.15, -0.1) is 0 Å². The predicted octanol–water partition coefficient (Wildman–Crippen LogP) is 4.43. The quantitative estimate of drug-likeness (QED) is 0.647. The summed E-state index contributed by atoms with van der Waals surface area (Å²) in [6.45, 7) is 15.1. The molecular formula is C16H30O2. The first-order chi connectivity index (χ1) is 8.03. The fourth-order valence-corrected chi connectivity index (χ4v) is 3.37. The van der Waals surface area contributed by atoms with Crippen LogP contribution < -0.4 is 0 Å². The molecule has 0 aromatic rings. The second-order valence-corrected chi connectivity index (χ2v) is 7.95. The van der Waals surface area contributed by atoms with Crippen molar-refractivity contribution < 1.29 is 9.53 Å². The Labute approximate surface area is 112 Å². The summed E-state index contributed by atoms with van der Waals surface area (Å²) in [5, 5.41) is 0. The van der Waals surface area contributed by atoms with Crippen LogP contribution in [-0.4, -0.2) is 12.1 Å². The molecule has 106 valence electrons. The number of hydrogen-bond donors (Lipinski definition) is 0. The second kappa shape index (κ2) is 5.22. The monoisotopic (exact) mass is 254 g/mol. The Balaban J connectivity index is 3.01. The summed E-state index contributed by atoms with van der Waals surface area (Å²) in [5.41, 5.74) is 0.397. The van der Waals surface area contributed by atoms with Gasteiger partial charge in [0.2, 0.25) is 0 Å². The van der Waals surface area contributed by atoms with Gasteiger partial charge < -0.3 is 4.74 Å². The van der Waals surface area contributed by atoms with Crippen LogP contribution in [0.2, 0.25) is 0 Å². The number of ether oxygens (including phenoxy) is 1. The summed E-state index contributed by atoms with van der Waals surface area (Å²) in [4.78, 5) is 11.4. The number of hydrogen-bond acceptors (Lipinski definition) is 2. The van der Waals surface area contributed by atoms with Crippen molar-refractivity contribution in [3.63, 3.8) is 0 Å². The van der Waals surface area contributed by atoms with E-state index >= 15 is 0 Å². The zero-order chi connectivity index (χ0) is 14.1. The number of carbonyl (C=O) groups is 1. The number of carbonyl (C=O) groups excluding carboxylic acids is 1. The molecule has 1 aliphatic carbocycles.